The SMILES string of the molecule is O=C(NCCCn1ccnn1)c1cc(Br)sc1Br. The standard InChI is InChI=1S/C10H10Br2N4OS/c11-8-6-7(9(12)18-8)10(17)13-2-1-4-16-5-3-14-15-16/h3,5-6H,1-2,4H2,(H,13,17). The third-order valence-electron chi connectivity index (χ3n) is 2.22. The highest BCUT2D eigenvalue weighted by Crippen LogP contribution is 2.31. The van der Waals surface area contributed by atoms with E-state index in [9.17, 15) is 4.79 Å². The highest BCUT2D eigenvalue weighted by molar-refractivity contribution is 9.12. The second-order valence-electron chi connectivity index (χ2n) is 3.51. The minimum absolute atomic E-state index is 0.0672. The Morgan fingerprint density at radius 2 is 2.33 bits per heavy atom. The molecule has 0 atom stereocenters. The van der Waals surface area contributed by atoms with Gasteiger partial charge < -0.3 is 5.32 Å². The van der Waals surface area contributed by atoms with Gasteiger partial charge >= 0.3 is 0 Å². The van der Waals surface area contributed by atoms with Crippen LogP contribution in [0.15, 0.2) is 26.0 Å². The van der Waals surface area contributed by atoms with Gasteiger partial charge in [0.05, 0.1) is 19.3 Å². The number of nitrogens with zero attached hydrogens (tertiary/aromatic N) is 3. The molecule has 0 bridgehead atoms. The maximum Gasteiger partial charge on any atom is 0.253 e. The van der Waals surface area contributed by atoms with Crippen molar-refractivity contribution >= 4 is 49.1 Å². The molecule has 2 aromatic heterocycles. The Morgan fingerprint density at radius 3 is 2.94 bits per heavy atom. The van der Waals surface area contributed by atoms with Gasteiger partial charge in [0.15, 0.2) is 0 Å². The lowest BCUT2D eigenvalue weighted by atomic mass is 10.3. The molecule has 96 valence electrons. The molecule has 5 nitrogen and oxygen atoms in total. The summed E-state index contributed by atoms with van der Waals surface area (Å²) in [5.41, 5.74) is 0.660. The number of hydrogen-bond acceptors (Lipinski definition) is 4. The highest BCUT2D eigenvalue weighted by Gasteiger charge is 2.12. The number of rotatable bonds is 5. The zero-order chi connectivity index (χ0) is 13.0. The molecule has 0 aliphatic heterocycles. The lowest BCUT2D eigenvalue weighted by Gasteiger charge is -2.04. The molecule has 0 aliphatic carbocycles. The highest BCUT2D eigenvalue weighted by atomic mass is 79.9. The van der Waals surface area contributed by atoms with Crippen LogP contribution in [0.5, 0.6) is 0 Å². The van der Waals surface area contributed by atoms with Gasteiger partial charge in [0, 0.05) is 19.3 Å². The molecule has 0 aliphatic rings. The van der Waals surface area contributed by atoms with Crippen molar-refractivity contribution in [1.29, 1.82) is 0 Å². The fourth-order valence-electron chi connectivity index (χ4n) is 1.39. The van der Waals surface area contributed by atoms with Crippen LogP contribution >= 0.6 is 43.2 Å². The Bertz CT molecular complexity index is 526. The summed E-state index contributed by atoms with van der Waals surface area (Å²) >= 11 is 8.20. The van der Waals surface area contributed by atoms with Crippen molar-refractivity contribution in [3.63, 3.8) is 0 Å². The number of hydrogen-bond donors (Lipinski definition) is 1. The molecule has 18 heavy (non-hydrogen) atoms. The van der Waals surface area contributed by atoms with Crippen LogP contribution in [-0.2, 0) is 6.54 Å². The predicted octanol–water partition coefficient (Wildman–Crippen LogP) is 2.68. The van der Waals surface area contributed by atoms with Crippen LogP contribution in [0.4, 0.5) is 0 Å². The van der Waals surface area contributed by atoms with Crippen molar-refractivity contribution < 1.29 is 4.79 Å². The molecule has 0 aromatic carbocycles. The predicted molar refractivity (Wildman–Crippen MR) is 76.7 cm³/mol. The molecule has 0 unspecified atom stereocenters. The summed E-state index contributed by atoms with van der Waals surface area (Å²) < 4.78 is 3.51. The van der Waals surface area contributed by atoms with Crippen LogP contribution in [0.2, 0.25) is 0 Å². The van der Waals surface area contributed by atoms with Crippen LogP contribution in [-0.4, -0.2) is 27.4 Å². The fourth-order valence-corrected chi connectivity index (χ4v) is 4.18. The first-order valence-electron chi connectivity index (χ1n) is 5.24. The van der Waals surface area contributed by atoms with E-state index in [1.54, 1.807) is 17.1 Å². The molecule has 1 amide bonds. The first kappa shape index (κ1) is 13.7. The van der Waals surface area contributed by atoms with Crippen molar-refractivity contribution in [2.24, 2.45) is 0 Å². The molecule has 1 N–H and O–H groups in total. The summed E-state index contributed by atoms with van der Waals surface area (Å²) in [6, 6.07) is 1.81. The van der Waals surface area contributed by atoms with Gasteiger partial charge in [-0.1, -0.05) is 5.21 Å². The Hall–Kier alpha value is -0.730. The summed E-state index contributed by atoms with van der Waals surface area (Å²) in [5, 5.41) is 10.4. The Balaban J connectivity index is 1.77. The molecular weight excluding hydrogens is 384 g/mol. The van der Waals surface area contributed by atoms with Crippen LogP contribution in [0.25, 0.3) is 0 Å². The van der Waals surface area contributed by atoms with Crippen LogP contribution in [0.1, 0.15) is 16.8 Å². The van der Waals surface area contributed by atoms with Gasteiger partial charge in [-0.25, -0.2) is 0 Å². The topological polar surface area (TPSA) is 59.8 Å². The maximum absolute atomic E-state index is 11.9. The Kier molecular flexibility index (Phi) is 4.90. The molecule has 8 heteroatoms. The van der Waals surface area contributed by atoms with E-state index < -0.39 is 0 Å². The van der Waals surface area contributed by atoms with Gasteiger partial charge in [-0.2, -0.15) is 0 Å². The fraction of sp³-hybridized carbons (Fsp3) is 0.300. The van der Waals surface area contributed by atoms with Crippen molar-refractivity contribution in [3.05, 3.63) is 31.6 Å². The van der Waals surface area contributed by atoms with Crippen molar-refractivity contribution in [2.75, 3.05) is 6.54 Å². The largest absolute Gasteiger partial charge is 0.352 e. The maximum atomic E-state index is 11.9. The van der Waals surface area contributed by atoms with Crippen LogP contribution < -0.4 is 5.32 Å². The van der Waals surface area contributed by atoms with Gasteiger partial charge in [-0.3, -0.25) is 9.48 Å². The average molecular weight is 394 g/mol. The van der Waals surface area contributed by atoms with E-state index in [1.165, 1.54) is 11.3 Å². The zero-order valence-electron chi connectivity index (χ0n) is 9.27. The summed E-state index contributed by atoms with van der Waals surface area (Å²) in [7, 11) is 0. The summed E-state index contributed by atoms with van der Waals surface area (Å²) in [4.78, 5) is 11.9. The first-order valence-corrected chi connectivity index (χ1v) is 7.64. The molecular formula is C10H10Br2N4OS. The zero-order valence-corrected chi connectivity index (χ0v) is 13.3. The molecule has 0 radical (unpaired) electrons. The lowest BCUT2D eigenvalue weighted by molar-refractivity contribution is 0.0952. The number of thiophene rings is 1. The van der Waals surface area contributed by atoms with Gasteiger partial charge in [0.25, 0.3) is 5.91 Å². The van der Waals surface area contributed by atoms with Gasteiger partial charge in [-0.15, -0.1) is 16.4 Å². The Labute approximate surface area is 125 Å². The first-order chi connectivity index (χ1) is 8.66. The van der Waals surface area contributed by atoms with Crippen LogP contribution in [0.3, 0.4) is 0 Å². The second kappa shape index (κ2) is 6.44. The van der Waals surface area contributed by atoms with E-state index in [4.69, 9.17) is 0 Å². The number of carbonyl (C=O) groups excluding carboxylic acids is 1. The third-order valence-corrected chi connectivity index (χ3v) is 4.56. The van der Waals surface area contributed by atoms with Crippen molar-refractivity contribution in [3.8, 4) is 0 Å². The van der Waals surface area contributed by atoms with E-state index in [1.807, 2.05) is 6.07 Å². The normalized spacial score (nSPS) is 10.6. The second-order valence-corrected chi connectivity index (χ2v) is 7.26. The smallest absolute Gasteiger partial charge is 0.253 e. The molecule has 0 spiro atoms. The van der Waals surface area contributed by atoms with E-state index in [0.717, 1.165) is 20.5 Å². The van der Waals surface area contributed by atoms with Gasteiger partial charge in [-0.05, 0) is 44.3 Å². The molecule has 0 saturated carbocycles. The van der Waals surface area contributed by atoms with E-state index in [0.29, 0.717) is 12.1 Å². The number of amides is 1. The number of halogens is 2. The number of nitrogens with one attached hydrogen (secondary N) is 1. The number of aromatic nitrogens is 3. The average Bonchev–Trinajstić information content (AvgIpc) is 2.94. The third kappa shape index (κ3) is 3.63. The van der Waals surface area contributed by atoms with Gasteiger partial charge in [0.2, 0.25) is 0 Å². The summed E-state index contributed by atoms with van der Waals surface area (Å²) in [5.74, 6) is -0.0672. The van der Waals surface area contributed by atoms with Crippen molar-refractivity contribution in [1.82, 2.24) is 20.3 Å². The molecule has 2 heterocycles. The Morgan fingerprint density at radius 1 is 1.50 bits per heavy atom. The molecule has 2 aromatic rings. The monoisotopic (exact) mass is 392 g/mol. The van der Waals surface area contributed by atoms with E-state index >= 15 is 0 Å². The number of carbonyl (C=O) groups is 1. The number of aryl methyl sites for hydroxylation is 1. The van der Waals surface area contributed by atoms with Crippen LogP contribution in [0, 0.1) is 0 Å². The van der Waals surface area contributed by atoms with E-state index in [2.05, 4.69) is 47.5 Å². The molecule has 0 fully saturated rings. The minimum Gasteiger partial charge on any atom is -0.352 e. The van der Waals surface area contributed by atoms with E-state index in [-0.39, 0.29) is 5.91 Å². The summed E-state index contributed by atoms with van der Waals surface area (Å²) in [6.07, 6.45) is 4.25. The molecule has 2 rings (SSSR count). The van der Waals surface area contributed by atoms with Crippen molar-refractivity contribution in [2.45, 2.75) is 13.0 Å². The minimum atomic E-state index is -0.0672. The lowest BCUT2D eigenvalue weighted by Crippen LogP contribution is -2.25. The summed E-state index contributed by atoms with van der Waals surface area (Å²) in [6.45, 7) is 1.35. The van der Waals surface area contributed by atoms with Gasteiger partial charge in [0.1, 0.15) is 0 Å². The molecule has 0 saturated heterocycles. The quantitative estimate of drug-likeness (QED) is 0.794.